The second kappa shape index (κ2) is 9.51. The molecule has 0 unspecified atom stereocenters. The van der Waals surface area contributed by atoms with E-state index in [1.54, 1.807) is 6.07 Å². The third kappa shape index (κ3) is 5.17. The highest BCUT2D eigenvalue weighted by molar-refractivity contribution is 8.93. The molecule has 1 saturated heterocycles. The predicted molar refractivity (Wildman–Crippen MR) is 125 cm³/mol. The van der Waals surface area contributed by atoms with Crippen LogP contribution in [0.3, 0.4) is 0 Å². The summed E-state index contributed by atoms with van der Waals surface area (Å²) in [4.78, 5) is 14.7. The molecule has 0 amide bonds. The third-order valence-corrected chi connectivity index (χ3v) is 6.26. The van der Waals surface area contributed by atoms with E-state index in [-0.39, 0.29) is 47.7 Å². The molecule has 1 N–H and O–H groups in total. The summed E-state index contributed by atoms with van der Waals surface area (Å²) >= 11 is 5.69. The van der Waals surface area contributed by atoms with Crippen molar-refractivity contribution in [3.8, 4) is 0 Å². The van der Waals surface area contributed by atoms with Crippen molar-refractivity contribution in [2.24, 2.45) is 0 Å². The fraction of sp³-hybridized carbons (Fsp3) is 0.292. The van der Waals surface area contributed by atoms with Crippen molar-refractivity contribution in [3.05, 3.63) is 82.4 Å². The fourth-order valence-electron chi connectivity index (χ4n) is 4.06. The Balaban J connectivity index is 0.00000289. The van der Waals surface area contributed by atoms with Gasteiger partial charge in [0.1, 0.15) is 0 Å². The molecule has 3 aromatic carbocycles. The molecule has 1 aliphatic heterocycles. The van der Waals surface area contributed by atoms with Gasteiger partial charge in [0.15, 0.2) is 5.78 Å². The van der Waals surface area contributed by atoms with Gasteiger partial charge in [-0.1, -0.05) is 54.1 Å². The monoisotopic (exact) mass is 527 g/mol. The van der Waals surface area contributed by atoms with Crippen molar-refractivity contribution >= 4 is 45.1 Å². The lowest BCUT2D eigenvalue weighted by atomic mass is 9.83. The second-order valence-corrected chi connectivity index (χ2v) is 8.39. The largest absolute Gasteiger partial charge is 0.417 e. The Hall–Kier alpha value is -1.93. The summed E-state index contributed by atoms with van der Waals surface area (Å²) in [6.45, 7) is 1.00. The van der Waals surface area contributed by atoms with Crippen molar-refractivity contribution in [1.29, 1.82) is 0 Å². The molecule has 0 radical (unpaired) electrons. The molecule has 0 aliphatic carbocycles. The first kappa shape index (κ1) is 24.7. The van der Waals surface area contributed by atoms with E-state index in [9.17, 15) is 23.1 Å². The lowest BCUT2D eigenvalue weighted by Crippen LogP contribution is -2.44. The molecule has 0 bridgehead atoms. The molecule has 0 spiro atoms. The van der Waals surface area contributed by atoms with Crippen LogP contribution in [0.4, 0.5) is 13.2 Å². The first-order chi connectivity index (χ1) is 14.7. The summed E-state index contributed by atoms with van der Waals surface area (Å²) < 4.78 is 39.5. The van der Waals surface area contributed by atoms with Crippen LogP contribution in [0.5, 0.6) is 0 Å². The number of halogens is 5. The Kier molecular flexibility index (Phi) is 7.34. The van der Waals surface area contributed by atoms with Crippen LogP contribution in [0.2, 0.25) is 5.02 Å². The minimum atomic E-state index is -4.59. The summed E-state index contributed by atoms with van der Waals surface area (Å²) in [6, 6.07) is 16.9. The molecule has 4 rings (SSSR count). The van der Waals surface area contributed by atoms with Crippen molar-refractivity contribution in [2.45, 2.75) is 24.6 Å². The Morgan fingerprint density at radius 1 is 1.00 bits per heavy atom. The predicted octanol–water partition coefficient (Wildman–Crippen LogP) is 6.26. The van der Waals surface area contributed by atoms with Crippen molar-refractivity contribution in [1.82, 2.24) is 4.90 Å². The van der Waals surface area contributed by atoms with E-state index in [2.05, 4.69) is 0 Å². The number of piperidine rings is 1. The standard InChI is InChI=1S/C24H21ClF3NO2.BrH/c25-21-8-7-19(14-20(21)24(26,27)28)23(31)9-11-29(12-10-23)15-22(30)18-6-5-16-3-1-2-4-17(16)13-18;/h1-8,13-14,31H,9-12,15H2;1H. The molecule has 0 atom stereocenters. The molecule has 170 valence electrons. The number of aliphatic hydroxyl groups is 1. The number of fused-ring (bicyclic) bond motifs is 1. The SMILES string of the molecule is Br.O=C(CN1CCC(O)(c2ccc(Cl)c(C(F)(F)F)c2)CC1)c1ccc2ccccc2c1. The summed E-state index contributed by atoms with van der Waals surface area (Å²) in [5.74, 6) is -0.0259. The van der Waals surface area contributed by atoms with Gasteiger partial charge in [0.05, 0.1) is 22.7 Å². The van der Waals surface area contributed by atoms with Gasteiger partial charge in [0.2, 0.25) is 0 Å². The zero-order chi connectivity index (χ0) is 22.2. The Labute approximate surface area is 199 Å². The number of carbonyl (C=O) groups excluding carboxylic acids is 1. The van der Waals surface area contributed by atoms with Crippen LogP contribution >= 0.6 is 28.6 Å². The molecule has 1 fully saturated rings. The number of Topliss-reactive ketones (excluding diaryl/α,β-unsaturated/α-hetero) is 1. The van der Waals surface area contributed by atoms with Crippen LogP contribution in [-0.2, 0) is 11.8 Å². The van der Waals surface area contributed by atoms with E-state index < -0.39 is 22.4 Å². The second-order valence-electron chi connectivity index (χ2n) is 7.99. The Bertz CT molecular complexity index is 1130. The average molecular weight is 529 g/mol. The summed E-state index contributed by atoms with van der Waals surface area (Å²) in [6.07, 6.45) is -4.12. The van der Waals surface area contributed by atoms with Crippen molar-refractivity contribution in [2.75, 3.05) is 19.6 Å². The summed E-state index contributed by atoms with van der Waals surface area (Å²) in [5.41, 5.74) is -1.52. The van der Waals surface area contributed by atoms with Gasteiger partial charge in [-0.05, 0) is 47.4 Å². The number of nitrogens with zero attached hydrogens (tertiary/aromatic N) is 1. The number of rotatable bonds is 4. The molecule has 0 aromatic heterocycles. The molecule has 1 heterocycles. The molecule has 3 nitrogen and oxygen atoms in total. The number of benzene rings is 3. The number of carbonyl (C=O) groups is 1. The number of alkyl halides is 3. The highest BCUT2D eigenvalue weighted by Gasteiger charge is 2.38. The number of likely N-dealkylation sites (tertiary alicyclic amines) is 1. The van der Waals surface area contributed by atoms with E-state index in [4.69, 9.17) is 11.6 Å². The lowest BCUT2D eigenvalue weighted by molar-refractivity contribution is -0.137. The molecular formula is C24H22BrClF3NO2. The smallest absolute Gasteiger partial charge is 0.385 e. The highest BCUT2D eigenvalue weighted by atomic mass is 79.9. The topological polar surface area (TPSA) is 40.5 Å². The Morgan fingerprint density at radius 3 is 2.31 bits per heavy atom. The van der Waals surface area contributed by atoms with Gasteiger partial charge in [0.25, 0.3) is 0 Å². The van der Waals surface area contributed by atoms with E-state index >= 15 is 0 Å². The Morgan fingerprint density at radius 2 is 1.66 bits per heavy atom. The maximum atomic E-state index is 13.2. The van der Waals surface area contributed by atoms with Crippen molar-refractivity contribution < 1.29 is 23.1 Å². The first-order valence-electron chi connectivity index (χ1n) is 10.00. The maximum absolute atomic E-state index is 13.2. The molecule has 8 heteroatoms. The van der Waals surface area contributed by atoms with Gasteiger partial charge in [0, 0.05) is 18.7 Å². The number of hydrogen-bond donors (Lipinski definition) is 1. The van der Waals surface area contributed by atoms with E-state index in [0.717, 1.165) is 16.8 Å². The van der Waals surface area contributed by atoms with Crippen LogP contribution in [-0.4, -0.2) is 35.4 Å². The molecule has 3 aromatic rings. The minimum absolute atomic E-state index is 0. The van der Waals surface area contributed by atoms with Crippen LogP contribution in [0.15, 0.2) is 60.7 Å². The normalized spacial score (nSPS) is 16.5. The van der Waals surface area contributed by atoms with Crippen molar-refractivity contribution in [3.63, 3.8) is 0 Å². The quantitative estimate of drug-likeness (QED) is 0.407. The lowest BCUT2D eigenvalue weighted by Gasteiger charge is -2.38. The van der Waals surface area contributed by atoms with E-state index in [1.807, 2.05) is 41.3 Å². The van der Waals surface area contributed by atoms with E-state index in [0.29, 0.717) is 18.7 Å². The van der Waals surface area contributed by atoms with Crippen LogP contribution in [0.1, 0.15) is 34.3 Å². The van der Waals surface area contributed by atoms with Crippen LogP contribution in [0, 0.1) is 0 Å². The molecule has 32 heavy (non-hydrogen) atoms. The summed E-state index contributed by atoms with van der Waals surface area (Å²) in [5, 5.41) is 12.6. The molecule has 1 aliphatic rings. The van der Waals surface area contributed by atoms with E-state index in [1.165, 1.54) is 12.1 Å². The fourth-order valence-corrected chi connectivity index (χ4v) is 4.28. The van der Waals surface area contributed by atoms with Gasteiger partial charge >= 0.3 is 6.18 Å². The zero-order valence-electron chi connectivity index (χ0n) is 17.0. The minimum Gasteiger partial charge on any atom is -0.385 e. The summed E-state index contributed by atoms with van der Waals surface area (Å²) in [7, 11) is 0. The maximum Gasteiger partial charge on any atom is 0.417 e. The van der Waals surface area contributed by atoms with Gasteiger partial charge in [-0.15, -0.1) is 17.0 Å². The number of ketones is 1. The zero-order valence-corrected chi connectivity index (χ0v) is 19.5. The molecule has 0 saturated carbocycles. The highest BCUT2D eigenvalue weighted by Crippen LogP contribution is 2.40. The van der Waals surface area contributed by atoms with Gasteiger partial charge in [-0.25, -0.2) is 0 Å². The number of hydrogen-bond acceptors (Lipinski definition) is 3. The molecular weight excluding hydrogens is 507 g/mol. The van der Waals surface area contributed by atoms with Gasteiger partial charge < -0.3 is 5.11 Å². The third-order valence-electron chi connectivity index (χ3n) is 5.93. The van der Waals surface area contributed by atoms with Crippen LogP contribution < -0.4 is 0 Å². The van der Waals surface area contributed by atoms with Gasteiger partial charge in [-0.3, -0.25) is 9.69 Å². The van der Waals surface area contributed by atoms with Crippen LogP contribution in [0.25, 0.3) is 10.8 Å². The first-order valence-corrected chi connectivity index (χ1v) is 10.4. The average Bonchev–Trinajstić information content (AvgIpc) is 2.74. The van der Waals surface area contributed by atoms with Gasteiger partial charge in [-0.2, -0.15) is 13.2 Å².